The van der Waals surface area contributed by atoms with Crippen molar-refractivity contribution >= 4 is 11.9 Å². The first-order valence-corrected chi connectivity index (χ1v) is 28.6. The highest BCUT2D eigenvalue weighted by molar-refractivity contribution is 5.76. The van der Waals surface area contributed by atoms with Crippen molar-refractivity contribution in [2.24, 2.45) is 0 Å². The number of unbranched alkanes of at least 4 members (excludes halogenated alkanes) is 38. The van der Waals surface area contributed by atoms with Crippen LogP contribution in [0.1, 0.15) is 309 Å². The van der Waals surface area contributed by atoms with E-state index in [0.717, 1.165) is 83.5 Å². The zero-order valence-electron chi connectivity index (χ0n) is 43.0. The minimum absolute atomic E-state index is 0.0110. The van der Waals surface area contributed by atoms with Crippen LogP contribution in [0.5, 0.6) is 0 Å². The van der Waals surface area contributed by atoms with Gasteiger partial charge >= 0.3 is 5.97 Å². The summed E-state index contributed by atoms with van der Waals surface area (Å²) in [6.07, 6.45) is 64.6. The summed E-state index contributed by atoms with van der Waals surface area (Å²) in [5, 5.41) is 23.2. The molecule has 0 aliphatic rings. The fraction of sp³-hybridized carbons (Fsp3) is 0.897. The summed E-state index contributed by atoms with van der Waals surface area (Å²) in [7, 11) is 0. The predicted octanol–water partition coefficient (Wildman–Crippen LogP) is 17.5. The van der Waals surface area contributed by atoms with E-state index in [1.807, 2.05) is 0 Å². The predicted molar refractivity (Wildman–Crippen MR) is 278 cm³/mol. The van der Waals surface area contributed by atoms with Crippen molar-refractivity contribution < 1.29 is 24.5 Å². The highest BCUT2D eigenvalue weighted by Gasteiger charge is 2.20. The molecule has 0 spiro atoms. The second-order valence-corrected chi connectivity index (χ2v) is 19.6. The number of carbonyl (C=O) groups excluding carboxylic acids is 2. The Morgan fingerprint density at radius 1 is 0.438 bits per heavy atom. The molecule has 378 valence electrons. The minimum atomic E-state index is -0.673. The molecule has 3 N–H and O–H groups in total. The molecular formula is C58H111NO5. The lowest BCUT2D eigenvalue weighted by atomic mass is 10.0. The molecule has 0 aromatic rings. The fourth-order valence-electron chi connectivity index (χ4n) is 8.85. The average Bonchev–Trinajstić information content (AvgIpc) is 3.29. The van der Waals surface area contributed by atoms with Crippen LogP contribution >= 0.6 is 0 Å². The molecule has 0 aliphatic carbocycles. The lowest BCUT2D eigenvalue weighted by Crippen LogP contribution is -2.45. The van der Waals surface area contributed by atoms with E-state index >= 15 is 0 Å². The number of aliphatic hydroxyl groups is 2. The first kappa shape index (κ1) is 62.3. The number of allylic oxidation sites excluding steroid dienone is 4. The molecule has 0 aromatic carbocycles. The third kappa shape index (κ3) is 49.8. The van der Waals surface area contributed by atoms with E-state index in [-0.39, 0.29) is 18.5 Å². The first-order valence-electron chi connectivity index (χ1n) is 28.6. The van der Waals surface area contributed by atoms with Gasteiger partial charge in [0.2, 0.25) is 5.91 Å². The largest absolute Gasteiger partial charge is 0.466 e. The Morgan fingerprint density at radius 2 is 0.781 bits per heavy atom. The Morgan fingerprint density at radius 3 is 1.19 bits per heavy atom. The maximum atomic E-state index is 12.4. The van der Waals surface area contributed by atoms with Crippen LogP contribution in [0.2, 0.25) is 0 Å². The van der Waals surface area contributed by atoms with Crippen LogP contribution in [0.25, 0.3) is 0 Å². The van der Waals surface area contributed by atoms with E-state index < -0.39 is 12.1 Å². The minimum Gasteiger partial charge on any atom is -0.466 e. The van der Waals surface area contributed by atoms with Crippen molar-refractivity contribution in [1.82, 2.24) is 5.32 Å². The number of aliphatic hydroxyl groups excluding tert-OH is 2. The normalized spacial score (nSPS) is 12.8. The summed E-state index contributed by atoms with van der Waals surface area (Å²) >= 11 is 0. The zero-order chi connectivity index (χ0) is 46.5. The van der Waals surface area contributed by atoms with Crippen molar-refractivity contribution in [3.05, 3.63) is 24.3 Å². The number of nitrogens with one attached hydrogen (secondary N) is 1. The van der Waals surface area contributed by atoms with E-state index in [1.165, 1.54) is 193 Å². The van der Waals surface area contributed by atoms with Gasteiger partial charge in [-0.2, -0.15) is 0 Å². The molecule has 0 bridgehead atoms. The van der Waals surface area contributed by atoms with Crippen molar-refractivity contribution in [3.8, 4) is 0 Å². The van der Waals surface area contributed by atoms with E-state index in [1.54, 1.807) is 0 Å². The van der Waals surface area contributed by atoms with Crippen LogP contribution in [0, 0.1) is 0 Å². The van der Waals surface area contributed by atoms with E-state index in [0.29, 0.717) is 25.9 Å². The molecule has 0 fully saturated rings. The maximum Gasteiger partial charge on any atom is 0.305 e. The Bertz CT molecular complexity index is 997. The summed E-state index contributed by atoms with van der Waals surface area (Å²) in [5.41, 5.74) is 0. The molecule has 0 aromatic heterocycles. The van der Waals surface area contributed by atoms with Crippen LogP contribution in [-0.2, 0) is 14.3 Å². The highest BCUT2D eigenvalue weighted by Crippen LogP contribution is 2.17. The Kier molecular flexibility index (Phi) is 52.6. The van der Waals surface area contributed by atoms with Gasteiger partial charge in [-0.15, -0.1) is 0 Å². The van der Waals surface area contributed by atoms with Gasteiger partial charge in [0.15, 0.2) is 0 Å². The third-order valence-electron chi connectivity index (χ3n) is 13.3. The molecule has 2 unspecified atom stereocenters. The Balaban J connectivity index is 3.46. The maximum absolute atomic E-state index is 12.4. The van der Waals surface area contributed by atoms with Crippen LogP contribution in [0.3, 0.4) is 0 Å². The molecule has 64 heavy (non-hydrogen) atoms. The van der Waals surface area contributed by atoms with Gasteiger partial charge in [-0.05, 0) is 64.2 Å². The van der Waals surface area contributed by atoms with Crippen LogP contribution in [-0.4, -0.2) is 47.4 Å². The van der Waals surface area contributed by atoms with Crippen LogP contribution in [0.15, 0.2) is 24.3 Å². The molecule has 0 heterocycles. The van der Waals surface area contributed by atoms with Gasteiger partial charge in [0.25, 0.3) is 0 Å². The lowest BCUT2D eigenvalue weighted by molar-refractivity contribution is -0.143. The number of rotatable bonds is 53. The van der Waals surface area contributed by atoms with Gasteiger partial charge in [-0.3, -0.25) is 9.59 Å². The molecule has 0 radical (unpaired) electrons. The van der Waals surface area contributed by atoms with Gasteiger partial charge in [0.1, 0.15) is 0 Å². The second kappa shape index (κ2) is 54.0. The molecule has 1 amide bonds. The Hall–Kier alpha value is -1.66. The van der Waals surface area contributed by atoms with Crippen LogP contribution in [0.4, 0.5) is 0 Å². The number of amides is 1. The lowest BCUT2D eigenvalue weighted by Gasteiger charge is -2.22. The Labute approximate surface area is 399 Å². The first-order chi connectivity index (χ1) is 31.5. The van der Waals surface area contributed by atoms with Gasteiger partial charge in [-0.1, -0.05) is 256 Å². The van der Waals surface area contributed by atoms with Gasteiger partial charge < -0.3 is 20.3 Å². The quantitative estimate of drug-likeness (QED) is 0.0321. The third-order valence-corrected chi connectivity index (χ3v) is 13.3. The van der Waals surface area contributed by atoms with Gasteiger partial charge in [0, 0.05) is 12.8 Å². The SMILES string of the molecule is CCCCCCCCCCCCCCCCCCCCC(=O)OCCCCC/C=C\C/C=C\CCCCCCCCCC(=O)NC(CO)C(O)CCCCCCCCCCCCCC. The zero-order valence-corrected chi connectivity index (χ0v) is 43.0. The number of ether oxygens (including phenoxy) is 1. The summed E-state index contributed by atoms with van der Waals surface area (Å²) in [5.74, 6) is -0.0621. The second-order valence-electron chi connectivity index (χ2n) is 19.6. The van der Waals surface area contributed by atoms with Crippen molar-refractivity contribution in [2.45, 2.75) is 321 Å². The molecule has 6 nitrogen and oxygen atoms in total. The highest BCUT2D eigenvalue weighted by atomic mass is 16.5. The molecule has 0 aliphatic heterocycles. The standard InChI is InChI=1S/C58H111NO5/c1-3-5-7-9-11-13-15-17-18-19-22-25-28-32-36-40-44-48-52-58(63)64-53-49-45-41-37-33-29-26-23-20-21-24-27-31-35-39-43-47-51-57(62)59-55(54-60)56(61)50-46-42-38-34-30-16-14-12-10-8-6-4-2/h20,23,29,33,55-56,60-61H,3-19,21-22,24-28,30-32,34-54H2,1-2H3,(H,59,62)/b23-20-,33-29-. The molecule has 0 rings (SSSR count). The molecular weight excluding hydrogens is 791 g/mol. The molecule has 0 saturated heterocycles. The summed E-state index contributed by atoms with van der Waals surface area (Å²) in [4.78, 5) is 24.5. The smallest absolute Gasteiger partial charge is 0.305 e. The molecule has 2 atom stereocenters. The number of carbonyl (C=O) groups is 2. The van der Waals surface area contributed by atoms with Crippen molar-refractivity contribution in [1.29, 1.82) is 0 Å². The van der Waals surface area contributed by atoms with Gasteiger partial charge in [0.05, 0.1) is 25.4 Å². The van der Waals surface area contributed by atoms with E-state index in [2.05, 4.69) is 43.5 Å². The monoisotopic (exact) mass is 902 g/mol. The molecule has 0 saturated carbocycles. The fourth-order valence-corrected chi connectivity index (χ4v) is 8.85. The van der Waals surface area contributed by atoms with E-state index in [9.17, 15) is 19.8 Å². The summed E-state index contributed by atoms with van der Waals surface area (Å²) in [6.45, 7) is 4.92. The average molecular weight is 903 g/mol. The van der Waals surface area contributed by atoms with E-state index in [4.69, 9.17) is 4.74 Å². The number of hydrogen-bond donors (Lipinski definition) is 3. The number of hydrogen-bond acceptors (Lipinski definition) is 5. The topological polar surface area (TPSA) is 95.9 Å². The summed E-state index contributed by atoms with van der Waals surface area (Å²) < 4.78 is 5.47. The summed E-state index contributed by atoms with van der Waals surface area (Å²) in [6, 6.07) is -0.552. The van der Waals surface area contributed by atoms with Crippen molar-refractivity contribution in [2.75, 3.05) is 13.2 Å². The number of esters is 1. The van der Waals surface area contributed by atoms with Crippen molar-refractivity contribution in [3.63, 3.8) is 0 Å². The van der Waals surface area contributed by atoms with Gasteiger partial charge in [-0.25, -0.2) is 0 Å². The molecule has 6 heteroatoms. The van der Waals surface area contributed by atoms with Crippen LogP contribution < -0.4 is 5.32 Å².